The largest absolute Gasteiger partial charge is 0.497 e. The molecule has 0 aliphatic rings. The SMILES string of the molecule is COc1ccc(-c2nc(SCC(=O)NCCc3ccc(S(N)(=O)=O)cc3)[nH]c(=O)c2C#N)cc1. The molecule has 1 aromatic heterocycles. The van der Waals surface area contributed by atoms with Gasteiger partial charge in [-0.05, 0) is 48.4 Å². The van der Waals surface area contributed by atoms with Crippen molar-refractivity contribution in [2.75, 3.05) is 19.4 Å². The van der Waals surface area contributed by atoms with Crippen LogP contribution in [-0.2, 0) is 21.2 Å². The fourth-order valence-corrected chi connectivity index (χ4v) is 4.17. The lowest BCUT2D eigenvalue weighted by Gasteiger charge is -2.08. The number of thioether (sulfide) groups is 1. The van der Waals surface area contributed by atoms with Gasteiger partial charge in [0.1, 0.15) is 17.4 Å². The molecule has 0 fully saturated rings. The number of rotatable bonds is 9. The summed E-state index contributed by atoms with van der Waals surface area (Å²) in [6.45, 7) is 0.336. The van der Waals surface area contributed by atoms with Crippen LogP contribution >= 0.6 is 11.8 Å². The molecule has 3 rings (SSSR count). The van der Waals surface area contributed by atoms with Gasteiger partial charge in [0.25, 0.3) is 5.56 Å². The van der Waals surface area contributed by atoms with Crippen LogP contribution in [0.3, 0.4) is 0 Å². The third-order valence-electron chi connectivity index (χ3n) is 4.70. The van der Waals surface area contributed by atoms with E-state index in [2.05, 4.69) is 15.3 Å². The van der Waals surface area contributed by atoms with Crippen molar-refractivity contribution >= 4 is 27.7 Å². The first-order valence-corrected chi connectivity index (χ1v) is 12.4. The monoisotopic (exact) mass is 499 g/mol. The molecule has 4 N–H and O–H groups in total. The molecule has 0 bridgehead atoms. The molecule has 0 saturated heterocycles. The van der Waals surface area contributed by atoms with Crippen LogP contribution in [0.1, 0.15) is 11.1 Å². The molecule has 34 heavy (non-hydrogen) atoms. The molecule has 1 amide bonds. The molecule has 176 valence electrons. The van der Waals surface area contributed by atoms with Crippen LogP contribution in [0.25, 0.3) is 11.3 Å². The maximum absolute atomic E-state index is 12.3. The van der Waals surface area contributed by atoms with Crippen molar-refractivity contribution in [3.05, 3.63) is 70.0 Å². The Labute approximate surface area is 200 Å². The second-order valence-electron chi connectivity index (χ2n) is 7.01. The Balaban J connectivity index is 1.60. The van der Waals surface area contributed by atoms with Gasteiger partial charge in [-0.2, -0.15) is 5.26 Å². The average Bonchev–Trinajstić information content (AvgIpc) is 2.82. The van der Waals surface area contributed by atoms with E-state index in [0.29, 0.717) is 24.3 Å². The fourth-order valence-electron chi connectivity index (χ4n) is 2.96. The number of amides is 1. The molecule has 0 aliphatic carbocycles. The number of methoxy groups -OCH3 is 1. The number of nitriles is 1. The minimum absolute atomic E-state index is 0.00124. The zero-order valence-corrected chi connectivity index (χ0v) is 19.7. The Morgan fingerprint density at radius 3 is 2.47 bits per heavy atom. The number of nitrogens with two attached hydrogens (primary N) is 1. The minimum Gasteiger partial charge on any atom is -0.497 e. The minimum atomic E-state index is -3.75. The summed E-state index contributed by atoms with van der Waals surface area (Å²) in [7, 11) is -2.21. The number of benzene rings is 2. The summed E-state index contributed by atoms with van der Waals surface area (Å²) in [6, 6.07) is 14.7. The van der Waals surface area contributed by atoms with E-state index < -0.39 is 15.6 Å². The molecule has 2 aromatic carbocycles. The highest BCUT2D eigenvalue weighted by Crippen LogP contribution is 2.24. The van der Waals surface area contributed by atoms with Crippen LogP contribution in [0.15, 0.2) is 63.4 Å². The maximum Gasteiger partial charge on any atom is 0.270 e. The summed E-state index contributed by atoms with van der Waals surface area (Å²) < 4.78 is 27.7. The third-order valence-corrected chi connectivity index (χ3v) is 6.50. The maximum atomic E-state index is 12.3. The van der Waals surface area contributed by atoms with E-state index in [4.69, 9.17) is 9.88 Å². The number of H-pyrrole nitrogens is 1. The Morgan fingerprint density at radius 2 is 1.88 bits per heavy atom. The van der Waals surface area contributed by atoms with Crippen molar-refractivity contribution in [3.63, 3.8) is 0 Å². The van der Waals surface area contributed by atoms with Crippen LogP contribution in [0.5, 0.6) is 5.75 Å². The fraction of sp³-hybridized carbons (Fsp3) is 0.182. The van der Waals surface area contributed by atoms with Gasteiger partial charge in [-0.3, -0.25) is 9.59 Å². The van der Waals surface area contributed by atoms with Gasteiger partial charge >= 0.3 is 0 Å². The van der Waals surface area contributed by atoms with Crippen molar-refractivity contribution in [1.29, 1.82) is 5.26 Å². The van der Waals surface area contributed by atoms with Crippen molar-refractivity contribution in [1.82, 2.24) is 15.3 Å². The van der Waals surface area contributed by atoms with E-state index in [1.54, 1.807) is 36.4 Å². The summed E-state index contributed by atoms with van der Waals surface area (Å²) in [5, 5.41) is 17.4. The zero-order valence-electron chi connectivity index (χ0n) is 18.1. The predicted octanol–water partition coefficient (Wildman–Crippen LogP) is 1.42. The molecule has 3 aromatic rings. The first kappa shape index (κ1) is 25.0. The zero-order chi connectivity index (χ0) is 24.7. The molecule has 0 atom stereocenters. The summed E-state index contributed by atoms with van der Waals surface area (Å²) in [5.74, 6) is 0.351. The average molecular weight is 500 g/mol. The lowest BCUT2D eigenvalue weighted by molar-refractivity contribution is -0.118. The quantitative estimate of drug-likeness (QED) is 0.293. The van der Waals surface area contributed by atoms with E-state index in [0.717, 1.165) is 17.3 Å². The topological polar surface area (TPSA) is 168 Å². The van der Waals surface area contributed by atoms with E-state index in [1.807, 2.05) is 6.07 Å². The molecule has 0 aliphatic heterocycles. The van der Waals surface area contributed by atoms with Crippen molar-refractivity contribution < 1.29 is 17.9 Å². The molecule has 10 nitrogen and oxygen atoms in total. The normalized spacial score (nSPS) is 11.0. The number of aromatic amines is 1. The number of carbonyl (C=O) groups excluding carboxylic acids is 1. The third kappa shape index (κ3) is 6.44. The summed E-state index contributed by atoms with van der Waals surface area (Å²) in [5.41, 5.74) is 0.923. The summed E-state index contributed by atoms with van der Waals surface area (Å²) >= 11 is 1.04. The van der Waals surface area contributed by atoms with Gasteiger partial charge < -0.3 is 15.0 Å². The van der Waals surface area contributed by atoms with Crippen LogP contribution < -0.4 is 20.8 Å². The predicted molar refractivity (Wildman–Crippen MR) is 127 cm³/mol. The van der Waals surface area contributed by atoms with Crippen molar-refractivity contribution in [2.45, 2.75) is 16.5 Å². The number of hydrogen-bond donors (Lipinski definition) is 3. The molecule has 0 spiro atoms. The van der Waals surface area contributed by atoms with Gasteiger partial charge in [-0.1, -0.05) is 23.9 Å². The number of aromatic nitrogens is 2. The number of carbonyl (C=O) groups is 1. The molecular formula is C22H21N5O5S2. The first-order valence-electron chi connectivity index (χ1n) is 9.91. The lowest BCUT2D eigenvalue weighted by atomic mass is 10.1. The summed E-state index contributed by atoms with van der Waals surface area (Å²) in [6.07, 6.45) is 0.495. The lowest BCUT2D eigenvalue weighted by Crippen LogP contribution is -2.27. The molecular weight excluding hydrogens is 478 g/mol. The van der Waals surface area contributed by atoms with Gasteiger partial charge in [0.15, 0.2) is 5.16 Å². The molecule has 0 saturated carbocycles. The first-order chi connectivity index (χ1) is 16.2. The number of nitrogens with one attached hydrogen (secondary N) is 2. The Bertz CT molecular complexity index is 1380. The van der Waals surface area contributed by atoms with Gasteiger partial charge in [0.2, 0.25) is 15.9 Å². The highest BCUT2D eigenvalue weighted by molar-refractivity contribution is 7.99. The van der Waals surface area contributed by atoms with E-state index >= 15 is 0 Å². The molecule has 1 heterocycles. The number of sulfonamides is 1. The van der Waals surface area contributed by atoms with E-state index in [1.165, 1.54) is 19.2 Å². The number of ether oxygens (including phenoxy) is 1. The second-order valence-corrected chi connectivity index (χ2v) is 9.54. The van der Waals surface area contributed by atoms with Gasteiger partial charge in [-0.15, -0.1) is 0 Å². The molecule has 0 radical (unpaired) electrons. The van der Waals surface area contributed by atoms with Crippen LogP contribution in [0.2, 0.25) is 0 Å². The Morgan fingerprint density at radius 1 is 1.21 bits per heavy atom. The smallest absolute Gasteiger partial charge is 0.270 e. The van der Waals surface area contributed by atoms with Crippen LogP contribution in [0.4, 0.5) is 0 Å². The van der Waals surface area contributed by atoms with Crippen molar-refractivity contribution in [2.24, 2.45) is 5.14 Å². The number of primary sulfonamides is 1. The van der Waals surface area contributed by atoms with Crippen LogP contribution in [-0.4, -0.2) is 43.7 Å². The van der Waals surface area contributed by atoms with Crippen LogP contribution in [0, 0.1) is 11.3 Å². The Kier molecular flexibility index (Phi) is 8.06. The van der Waals surface area contributed by atoms with Gasteiger partial charge in [0.05, 0.1) is 23.5 Å². The summed E-state index contributed by atoms with van der Waals surface area (Å²) in [4.78, 5) is 31.5. The Hall–Kier alpha value is -3.66. The van der Waals surface area contributed by atoms with Gasteiger partial charge in [0, 0.05) is 12.1 Å². The standard InChI is InChI=1S/C22H21N5O5S2/c1-32-16-6-4-15(5-7-16)20-18(12-23)21(29)27-22(26-20)33-13-19(28)25-11-10-14-2-8-17(9-3-14)34(24,30)31/h2-9H,10-11,13H2,1H3,(H,25,28)(H2,24,30,31)(H,26,27,29). The number of nitrogens with zero attached hydrogens (tertiary/aromatic N) is 2. The highest BCUT2D eigenvalue weighted by atomic mass is 32.2. The van der Waals surface area contributed by atoms with E-state index in [9.17, 15) is 23.3 Å². The van der Waals surface area contributed by atoms with Gasteiger partial charge in [-0.25, -0.2) is 18.5 Å². The highest BCUT2D eigenvalue weighted by Gasteiger charge is 2.15. The second kappa shape index (κ2) is 11.0. The molecule has 12 heteroatoms. The molecule has 0 unspecified atom stereocenters. The van der Waals surface area contributed by atoms with Crippen molar-refractivity contribution in [3.8, 4) is 23.1 Å². The number of hydrogen-bond acceptors (Lipinski definition) is 8. The van der Waals surface area contributed by atoms with E-state index in [-0.39, 0.29) is 33.0 Å².